The van der Waals surface area contributed by atoms with E-state index in [1.165, 1.54) is 11.3 Å². The minimum Gasteiger partial charge on any atom is -0.731 e. The first-order chi connectivity index (χ1) is 5.92. The van der Waals surface area contributed by atoms with Gasteiger partial charge in [0.25, 0.3) is 0 Å². The van der Waals surface area contributed by atoms with Gasteiger partial charge >= 0.3 is 29.6 Å². The first-order valence-electron chi connectivity index (χ1n) is 3.62. The van der Waals surface area contributed by atoms with Gasteiger partial charge in [0.05, 0.1) is 5.69 Å². The number of anilines is 1. The number of rotatable bonds is 3. The minimum atomic E-state index is -4.44. The molecule has 1 aromatic rings. The van der Waals surface area contributed by atoms with Gasteiger partial charge in [0.1, 0.15) is 0 Å². The molecule has 0 fully saturated rings. The molecule has 5 nitrogen and oxygen atoms in total. The minimum absolute atomic E-state index is 0. The first-order valence-corrected chi connectivity index (χ1v) is 5.84. The molecule has 1 rings (SSSR count). The molecule has 14 heavy (non-hydrogen) atoms. The van der Waals surface area contributed by atoms with E-state index in [-0.39, 0.29) is 34.7 Å². The van der Waals surface area contributed by atoms with Crippen molar-refractivity contribution in [1.82, 2.24) is 4.98 Å². The van der Waals surface area contributed by atoms with Crippen LogP contribution in [0.15, 0.2) is 0 Å². The SMILES string of the molecule is CCc1sc(NS(=O)(=O)[O-])nc1C.[Na+]. The van der Waals surface area contributed by atoms with Crippen LogP contribution in [-0.4, -0.2) is 18.0 Å². The van der Waals surface area contributed by atoms with Gasteiger partial charge in [-0.3, -0.25) is 4.72 Å². The monoisotopic (exact) mass is 244 g/mol. The Hall–Kier alpha value is 0.340. The Bertz CT molecular complexity index is 401. The van der Waals surface area contributed by atoms with Crippen LogP contribution in [0.25, 0.3) is 0 Å². The second-order valence-corrected chi connectivity index (χ2v) is 4.63. The van der Waals surface area contributed by atoms with Crippen molar-refractivity contribution in [2.75, 3.05) is 4.72 Å². The van der Waals surface area contributed by atoms with E-state index in [1.807, 2.05) is 6.92 Å². The quantitative estimate of drug-likeness (QED) is 0.487. The van der Waals surface area contributed by atoms with Gasteiger partial charge in [-0.15, -0.1) is 11.3 Å². The predicted octanol–water partition coefficient (Wildman–Crippen LogP) is -2.11. The summed E-state index contributed by atoms with van der Waals surface area (Å²) in [6.07, 6.45) is 0.782. The number of nitrogens with zero attached hydrogens (tertiary/aromatic N) is 1. The van der Waals surface area contributed by atoms with E-state index in [1.54, 1.807) is 11.6 Å². The van der Waals surface area contributed by atoms with E-state index >= 15 is 0 Å². The van der Waals surface area contributed by atoms with Crippen molar-refractivity contribution in [3.63, 3.8) is 0 Å². The van der Waals surface area contributed by atoms with Crippen LogP contribution in [-0.2, 0) is 16.7 Å². The molecule has 0 saturated carbocycles. The van der Waals surface area contributed by atoms with Crippen LogP contribution in [0.2, 0.25) is 0 Å². The summed E-state index contributed by atoms with van der Waals surface area (Å²) in [4.78, 5) is 4.87. The zero-order valence-corrected chi connectivity index (χ0v) is 11.8. The molecule has 1 heterocycles. The molecule has 0 atom stereocenters. The maximum Gasteiger partial charge on any atom is 1.00 e. The van der Waals surface area contributed by atoms with E-state index < -0.39 is 10.3 Å². The van der Waals surface area contributed by atoms with E-state index in [9.17, 15) is 13.0 Å². The maximum atomic E-state index is 10.3. The summed E-state index contributed by atoms with van der Waals surface area (Å²) in [5.74, 6) is 0. The molecule has 74 valence electrons. The van der Waals surface area contributed by atoms with Crippen molar-refractivity contribution < 1.29 is 42.5 Å². The van der Waals surface area contributed by atoms with Crippen molar-refractivity contribution in [3.05, 3.63) is 10.6 Å². The van der Waals surface area contributed by atoms with E-state index in [0.29, 0.717) is 0 Å². The Kier molecular flexibility index (Phi) is 5.56. The molecule has 1 aromatic heterocycles. The van der Waals surface area contributed by atoms with Gasteiger partial charge in [-0.25, -0.2) is 13.4 Å². The fourth-order valence-electron chi connectivity index (χ4n) is 0.907. The third-order valence-electron chi connectivity index (χ3n) is 1.43. The first kappa shape index (κ1) is 14.3. The predicted molar refractivity (Wildman–Crippen MR) is 49.5 cm³/mol. The summed E-state index contributed by atoms with van der Waals surface area (Å²) in [6.45, 7) is 3.72. The molecule has 0 aromatic carbocycles. The molecule has 0 spiro atoms. The molecule has 0 aliphatic heterocycles. The Morgan fingerprint density at radius 2 is 2.14 bits per heavy atom. The molecular formula is C6H9N2NaO3S2. The van der Waals surface area contributed by atoms with Gasteiger partial charge in [0.2, 0.25) is 0 Å². The van der Waals surface area contributed by atoms with Crippen molar-refractivity contribution >= 4 is 26.8 Å². The zero-order valence-electron chi connectivity index (χ0n) is 8.20. The average molecular weight is 244 g/mol. The summed E-state index contributed by atoms with van der Waals surface area (Å²) < 4.78 is 32.7. The van der Waals surface area contributed by atoms with Crippen molar-refractivity contribution in [1.29, 1.82) is 0 Å². The Labute approximate surface area is 109 Å². The summed E-state index contributed by atoms with van der Waals surface area (Å²) in [7, 11) is -4.44. The van der Waals surface area contributed by atoms with Crippen LogP contribution in [0.3, 0.4) is 0 Å². The molecule has 0 saturated heterocycles. The van der Waals surface area contributed by atoms with Crippen molar-refractivity contribution in [2.24, 2.45) is 0 Å². The number of aromatic nitrogens is 1. The standard InChI is InChI=1S/C6H10N2O3S2.Na/c1-3-5-4(2)7-6(12-5)8-13(9,10)11;/h3H2,1-2H3,(H,7,8)(H,9,10,11);/q;+1/p-1. The second kappa shape index (κ2) is 5.43. The molecule has 0 unspecified atom stereocenters. The van der Waals surface area contributed by atoms with Gasteiger partial charge in [-0.2, -0.15) is 0 Å². The average Bonchev–Trinajstić information content (AvgIpc) is 2.26. The largest absolute Gasteiger partial charge is 1.00 e. The fourth-order valence-corrected chi connectivity index (χ4v) is 2.39. The van der Waals surface area contributed by atoms with Crippen molar-refractivity contribution in [2.45, 2.75) is 20.3 Å². The Morgan fingerprint density at radius 1 is 1.57 bits per heavy atom. The smallest absolute Gasteiger partial charge is 0.731 e. The summed E-state index contributed by atoms with van der Waals surface area (Å²) in [6, 6.07) is 0. The fraction of sp³-hybridized carbons (Fsp3) is 0.500. The summed E-state index contributed by atoms with van der Waals surface area (Å²) in [5, 5.41) is 0.143. The molecule has 8 heteroatoms. The molecule has 0 bridgehead atoms. The number of nitrogens with one attached hydrogen (secondary N) is 1. The summed E-state index contributed by atoms with van der Waals surface area (Å²) >= 11 is 1.18. The van der Waals surface area contributed by atoms with E-state index in [4.69, 9.17) is 0 Å². The van der Waals surface area contributed by atoms with Crippen LogP contribution in [0, 0.1) is 6.92 Å². The van der Waals surface area contributed by atoms with Crippen LogP contribution in [0.4, 0.5) is 5.13 Å². The number of aryl methyl sites for hydroxylation is 2. The van der Waals surface area contributed by atoms with Crippen LogP contribution >= 0.6 is 11.3 Å². The number of hydrogen-bond donors (Lipinski definition) is 1. The second-order valence-electron chi connectivity index (χ2n) is 2.44. The van der Waals surface area contributed by atoms with E-state index in [2.05, 4.69) is 4.98 Å². The van der Waals surface area contributed by atoms with Gasteiger partial charge in [0.15, 0.2) is 15.4 Å². The molecule has 0 aliphatic carbocycles. The third-order valence-corrected chi connectivity index (χ3v) is 3.22. The van der Waals surface area contributed by atoms with Gasteiger partial charge in [-0.1, -0.05) is 6.92 Å². The molecule has 0 aliphatic rings. The Morgan fingerprint density at radius 3 is 2.50 bits per heavy atom. The van der Waals surface area contributed by atoms with Crippen LogP contribution in [0.1, 0.15) is 17.5 Å². The zero-order chi connectivity index (χ0) is 10.1. The summed E-state index contributed by atoms with van der Waals surface area (Å²) in [5.41, 5.74) is 0.763. The molecular weight excluding hydrogens is 235 g/mol. The maximum absolute atomic E-state index is 10.3. The van der Waals surface area contributed by atoms with Gasteiger partial charge in [-0.05, 0) is 13.3 Å². The number of hydrogen-bond acceptors (Lipinski definition) is 5. The normalized spacial score (nSPS) is 10.8. The molecule has 1 N–H and O–H groups in total. The van der Waals surface area contributed by atoms with Gasteiger partial charge < -0.3 is 4.55 Å². The molecule has 0 amide bonds. The van der Waals surface area contributed by atoms with Gasteiger partial charge in [0, 0.05) is 4.88 Å². The van der Waals surface area contributed by atoms with Crippen LogP contribution < -0.4 is 34.3 Å². The van der Waals surface area contributed by atoms with Crippen molar-refractivity contribution in [3.8, 4) is 0 Å². The molecule has 0 radical (unpaired) electrons. The topological polar surface area (TPSA) is 82.1 Å². The van der Waals surface area contributed by atoms with Crippen LogP contribution in [0.5, 0.6) is 0 Å². The van der Waals surface area contributed by atoms with E-state index in [0.717, 1.165) is 17.0 Å². The third kappa shape index (κ3) is 4.24. The number of thiazole rings is 1. The Balaban J connectivity index is 0.00000169.